The number of nitrogens with zero attached hydrogens (tertiary/aromatic N) is 2. The van der Waals surface area contributed by atoms with Crippen LogP contribution in [0.1, 0.15) is 19.4 Å². The molecular weight excluding hydrogens is 440 g/mol. The fraction of sp³-hybridized carbons (Fsp3) is 0.333. The average Bonchev–Trinajstić information content (AvgIpc) is 2.75. The van der Waals surface area contributed by atoms with Gasteiger partial charge in [0.1, 0.15) is 0 Å². The van der Waals surface area contributed by atoms with Crippen molar-refractivity contribution in [3.8, 4) is 0 Å². The summed E-state index contributed by atoms with van der Waals surface area (Å²) in [5.74, 6) is 5.18. The van der Waals surface area contributed by atoms with Crippen LogP contribution in [-0.2, 0) is 26.0 Å². The van der Waals surface area contributed by atoms with Crippen LogP contribution in [0.15, 0.2) is 64.5 Å². The van der Waals surface area contributed by atoms with Crippen molar-refractivity contribution in [1.29, 1.82) is 0 Å². The standard InChI is InChI=1S/C21H27ClN4O4S/c1-15(2)19(20(27)30-3)24-21(26(23)14-13-16-7-5-4-6-8-16)25-31(28,29)18-11-9-17(22)10-12-18/h4-12,15,19H,13-14,23H2,1-3H3,(H,24,25). The van der Waals surface area contributed by atoms with Crippen LogP contribution >= 0.6 is 11.6 Å². The lowest BCUT2D eigenvalue weighted by Gasteiger charge is -2.24. The molecule has 168 valence electrons. The zero-order valence-electron chi connectivity index (χ0n) is 17.7. The van der Waals surface area contributed by atoms with Gasteiger partial charge >= 0.3 is 5.97 Å². The van der Waals surface area contributed by atoms with E-state index in [0.29, 0.717) is 11.4 Å². The van der Waals surface area contributed by atoms with Gasteiger partial charge < -0.3 is 4.74 Å². The van der Waals surface area contributed by atoms with Gasteiger partial charge in [0.15, 0.2) is 6.04 Å². The van der Waals surface area contributed by atoms with Crippen LogP contribution < -0.4 is 10.6 Å². The molecule has 3 N–H and O–H groups in total. The highest BCUT2D eigenvalue weighted by Gasteiger charge is 2.26. The number of hydrazine groups is 1. The summed E-state index contributed by atoms with van der Waals surface area (Å²) >= 11 is 5.85. The first kappa shape index (κ1) is 24.6. The van der Waals surface area contributed by atoms with Crippen molar-refractivity contribution in [1.82, 2.24) is 9.73 Å². The molecule has 31 heavy (non-hydrogen) atoms. The van der Waals surface area contributed by atoms with Gasteiger partial charge in [0.05, 0.1) is 12.0 Å². The second kappa shape index (κ2) is 11.1. The third kappa shape index (κ3) is 7.23. The molecule has 2 aromatic rings. The highest BCUT2D eigenvalue weighted by atomic mass is 35.5. The van der Waals surface area contributed by atoms with Crippen LogP contribution in [0.4, 0.5) is 0 Å². The molecule has 2 aromatic carbocycles. The molecule has 0 spiro atoms. The van der Waals surface area contributed by atoms with E-state index in [2.05, 4.69) is 9.71 Å². The SMILES string of the molecule is COC(=O)C(N=C(NS(=O)(=O)c1ccc(Cl)cc1)N(N)CCc1ccccc1)C(C)C. The van der Waals surface area contributed by atoms with Crippen molar-refractivity contribution in [3.63, 3.8) is 0 Å². The molecule has 0 radical (unpaired) electrons. The first-order valence-corrected chi connectivity index (χ1v) is 11.5. The number of esters is 1. The van der Waals surface area contributed by atoms with Gasteiger partial charge in [-0.15, -0.1) is 0 Å². The number of hydrogen-bond acceptors (Lipinski definition) is 6. The number of hydrogen-bond donors (Lipinski definition) is 2. The molecule has 8 nitrogen and oxygen atoms in total. The van der Waals surface area contributed by atoms with Crippen LogP contribution in [0.5, 0.6) is 0 Å². The number of nitrogens with two attached hydrogens (primary N) is 1. The number of methoxy groups -OCH3 is 1. The van der Waals surface area contributed by atoms with Gasteiger partial charge in [-0.1, -0.05) is 55.8 Å². The molecule has 10 heteroatoms. The van der Waals surface area contributed by atoms with E-state index >= 15 is 0 Å². The minimum atomic E-state index is -4.02. The van der Waals surface area contributed by atoms with Crippen molar-refractivity contribution in [2.24, 2.45) is 16.8 Å². The normalized spacial score (nSPS) is 13.0. The molecule has 0 aliphatic rings. The van der Waals surface area contributed by atoms with Gasteiger partial charge in [-0.2, -0.15) is 0 Å². The molecule has 0 aliphatic carbocycles. The molecular formula is C21H27ClN4O4S. The maximum Gasteiger partial charge on any atom is 0.330 e. The Morgan fingerprint density at radius 3 is 2.32 bits per heavy atom. The van der Waals surface area contributed by atoms with Crippen molar-refractivity contribution in [2.45, 2.75) is 31.2 Å². The van der Waals surface area contributed by atoms with Gasteiger partial charge in [0.25, 0.3) is 10.0 Å². The maximum atomic E-state index is 12.9. The quantitative estimate of drug-likeness (QED) is 0.203. The topological polar surface area (TPSA) is 114 Å². The van der Waals surface area contributed by atoms with E-state index in [0.717, 1.165) is 5.56 Å². The molecule has 2 rings (SSSR count). The van der Waals surface area contributed by atoms with Crippen molar-refractivity contribution >= 4 is 33.6 Å². The Bertz CT molecular complexity index is 996. The smallest absolute Gasteiger partial charge is 0.330 e. The Morgan fingerprint density at radius 1 is 1.16 bits per heavy atom. The molecule has 0 heterocycles. The average molecular weight is 467 g/mol. The number of sulfonamides is 1. The molecule has 1 unspecified atom stereocenters. The van der Waals surface area contributed by atoms with Crippen molar-refractivity contribution in [2.75, 3.05) is 13.7 Å². The van der Waals surface area contributed by atoms with Crippen LogP contribution in [0.25, 0.3) is 0 Å². The third-order valence-corrected chi connectivity index (χ3v) is 6.04. The zero-order valence-corrected chi connectivity index (χ0v) is 19.2. The number of carbonyl (C=O) groups excluding carboxylic acids is 1. The number of ether oxygens (including phenoxy) is 1. The predicted octanol–water partition coefficient (Wildman–Crippen LogP) is 2.59. The van der Waals surface area contributed by atoms with Gasteiger partial charge in [-0.3, -0.25) is 5.01 Å². The van der Waals surface area contributed by atoms with Crippen LogP contribution in [0, 0.1) is 5.92 Å². The number of rotatable bonds is 8. The first-order valence-electron chi connectivity index (χ1n) is 9.64. The number of guanidine groups is 1. The molecule has 0 bridgehead atoms. The third-order valence-electron chi connectivity index (χ3n) is 4.44. The van der Waals surface area contributed by atoms with E-state index in [-0.39, 0.29) is 23.3 Å². The Kier molecular flexibility index (Phi) is 8.85. The van der Waals surface area contributed by atoms with Gasteiger partial charge in [-0.25, -0.2) is 28.8 Å². The summed E-state index contributed by atoms with van der Waals surface area (Å²) in [6.45, 7) is 3.82. The number of halogens is 1. The minimum Gasteiger partial charge on any atom is -0.467 e. The summed E-state index contributed by atoms with van der Waals surface area (Å²) < 4.78 is 33.0. The summed E-state index contributed by atoms with van der Waals surface area (Å²) in [5.41, 5.74) is 1.02. The Labute approximate surface area is 188 Å². The largest absolute Gasteiger partial charge is 0.467 e. The summed E-state index contributed by atoms with van der Waals surface area (Å²) in [6.07, 6.45) is 0.545. The molecule has 0 aromatic heterocycles. The maximum absolute atomic E-state index is 12.9. The van der Waals surface area contributed by atoms with E-state index in [1.807, 2.05) is 30.3 Å². The molecule has 0 fully saturated rings. The molecule has 1 atom stereocenters. The van der Waals surface area contributed by atoms with Crippen LogP contribution in [0.2, 0.25) is 5.02 Å². The fourth-order valence-corrected chi connectivity index (χ4v) is 3.83. The van der Waals surface area contributed by atoms with Crippen LogP contribution in [0.3, 0.4) is 0 Å². The lowest BCUT2D eigenvalue weighted by Crippen LogP contribution is -2.50. The summed E-state index contributed by atoms with van der Waals surface area (Å²) in [4.78, 5) is 16.5. The predicted molar refractivity (Wildman–Crippen MR) is 121 cm³/mol. The monoisotopic (exact) mass is 466 g/mol. The van der Waals surface area contributed by atoms with E-state index in [1.54, 1.807) is 13.8 Å². The van der Waals surface area contributed by atoms with Gasteiger partial charge in [0.2, 0.25) is 5.96 Å². The number of nitrogens with one attached hydrogen (secondary N) is 1. The second-order valence-electron chi connectivity index (χ2n) is 7.15. The first-order chi connectivity index (χ1) is 14.6. The van der Waals surface area contributed by atoms with Crippen molar-refractivity contribution < 1.29 is 17.9 Å². The number of aliphatic imine (C=N–C) groups is 1. The van der Waals surface area contributed by atoms with Crippen molar-refractivity contribution in [3.05, 3.63) is 65.2 Å². The van der Waals surface area contributed by atoms with E-state index in [9.17, 15) is 13.2 Å². The lowest BCUT2D eigenvalue weighted by atomic mass is 10.1. The molecule has 0 amide bonds. The summed E-state index contributed by atoms with van der Waals surface area (Å²) in [5, 5.41) is 1.58. The fourth-order valence-electron chi connectivity index (χ4n) is 2.68. The Morgan fingerprint density at radius 2 is 1.77 bits per heavy atom. The molecule has 0 aliphatic heterocycles. The number of carbonyl (C=O) groups is 1. The summed E-state index contributed by atoms with van der Waals surface area (Å²) in [7, 11) is -2.77. The van der Waals surface area contributed by atoms with Gasteiger partial charge in [-0.05, 0) is 42.2 Å². The second-order valence-corrected chi connectivity index (χ2v) is 9.27. The van der Waals surface area contributed by atoms with E-state index in [1.165, 1.54) is 36.4 Å². The van der Waals surface area contributed by atoms with E-state index < -0.39 is 22.0 Å². The van der Waals surface area contributed by atoms with Crippen LogP contribution in [-0.4, -0.2) is 45.1 Å². The Balaban J connectivity index is 2.34. The minimum absolute atomic E-state index is 0.0137. The highest BCUT2D eigenvalue weighted by molar-refractivity contribution is 7.90. The zero-order chi connectivity index (χ0) is 23.0. The summed E-state index contributed by atoms with van der Waals surface area (Å²) in [6, 6.07) is 14.3. The Hall–Kier alpha value is -2.62. The molecule has 0 saturated heterocycles. The number of benzene rings is 2. The molecule has 0 saturated carbocycles. The highest BCUT2D eigenvalue weighted by Crippen LogP contribution is 2.15. The lowest BCUT2D eigenvalue weighted by molar-refractivity contribution is -0.143. The van der Waals surface area contributed by atoms with Gasteiger partial charge in [0, 0.05) is 11.6 Å². The van der Waals surface area contributed by atoms with E-state index in [4.69, 9.17) is 22.2 Å².